The van der Waals surface area contributed by atoms with Crippen molar-refractivity contribution in [3.8, 4) is 0 Å². The van der Waals surface area contributed by atoms with Crippen LogP contribution in [0.5, 0.6) is 0 Å². The summed E-state index contributed by atoms with van der Waals surface area (Å²) in [6.07, 6.45) is 0. The highest BCUT2D eigenvalue weighted by molar-refractivity contribution is 7.18. The third-order valence-electron chi connectivity index (χ3n) is 2.99. The summed E-state index contributed by atoms with van der Waals surface area (Å²) in [5, 5.41) is 1.04. The molecule has 0 bridgehead atoms. The van der Waals surface area contributed by atoms with Crippen LogP contribution in [0.1, 0.15) is 16.1 Å². The Labute approximate surface area is 116 Å². The van der Waals surface area contributed by atoms with Gasteiger partial charge in [-0.25, -0.2) is 4.98 Å². The lowest BCUT2D eigenvalue weighted by molar-refractivity contribution is 0.107. The van der Waals surface area contributed by atoms with Crippen LogP contribution in [-0.2, 0) is 18.0 Å². The van der Waals surface area contributed by atoms with E-state index in [4.69, 9.17) is 4.74 Å². The maximum atomic E-state index is 5.72. The summed E-state index contributed by atoms with van der Waals surface area (Å²) >= 11 is 1.72. The van der Waals surface area contributed by atoms with Crippen molar-refractivity contribution in [3.05, 3.63) is 64.7 Å². The number of nitrogens with zero attached hydrogens (tertiary/aromatic N) is 1. The molecule has 3 aromatic rings. The van der Waals surface area contributed by atoms with Crippen molar-refractivity contribution in [2.75, 3.05) is 0 Å². The molecule has 1 aromatic heterocycles. The zero-order chi connectivity index (χ0) is 13.1. The molecule has 2 nitrogen and oxygen atoms in total. The van der Waals surface area contributed by atoms with Gasteiger partial charge in [0.25, 0.3) is 0 Å². The van der Waals surface area contributed by atoms with Crippen LogP contribution in [-0.4, -0.2) is 4.98 Å². The molecule has 1 heterocycles. The van der Waals surface area contributed by atoms with Crippen LogP contribution in [0, 0.1) is 6.92 Å². The van der Waals surface area contributed by atoms with Gasteiger partial charge in [-0.05, 0) is 24.1 Å². The second-order valence-corrected chi connectivity index (χ2v) is 5.59. The molecular weight excluding hydrogens is 254 g/mol. The summed E-state index contributed by atoms with van der Waals surface area (Å²) in [6.45, 7) is 3.33. The van der Waals surface area contributed by atoms with E-state index in [1.54, 1.807) is 11.3 Å². The van der Waals surface area contributed by atoms with Gasteiger partial charge in [0.05, 0.1) is 23.4 Å². The lowest BCUT2D eigenvalue weighted by Gasteiger charge is -2.01. The smallest absolute Gasteiger partial charge is 0.120 e. The zero-order valence-corrected chi connectivity index (χ0v) is 11.6. The number of rotatable bonds is 4. The van der Waals surface area contributed by atoms with Crippen LogP contribution in [0.2, 0.25) is 0 Å². The number of hydrogen-bond acceptors (Lipinski definition) is 3. The first-order chi connectivity index (χ1) is 9.33. The van der Waals surface area contributed by atoms with Gasteiger partial charge in [-0.3, -0.25) is 0 Å². The first-order valence-electron chi connectivity index (χ1n) is 6.29. The van der Waals surface area contributed by atoms with E-state index >= 15 is 0 Å². The molecule has 3 heteroatoms. The highest BCUT2D eigenvalue weighted by Crippen LogP contribution is 2.25. The zero-order valence-electron chi connectivity index (χ0n) is 10.8. The summed E-state index contributed by atoms with van der Waals surface area (Å²) in [5.41, 5.74) is 3.55. The largest absolute Gasteiger partial charge is 0.370 e. The van der Waals surface area contributed by atoms with E-state index in [1.807, 2.05) is 24.3 Å². The van der Waals surface area contributed by atoms with Gasteiger partial charge in [-0.15, -0.1) is 11.3 Å². The molecule has 3 rings (SSSR count). The molecule has 0 saturated heterocycles. The number of ether oxygens (including phenoxy) is 1. The van der Waals surface area contributed by atoms with Crippen LogP contribution in [0.25, 0.3) is 10.2 Å². The van der Waals surface area contributed by atoms with Gasteiger partial charge in [0.15, 0.2) is 0 Å². The second-order valence-electron chi connectivity index (χ2n) is 4.51. The van der Waals surface area contributed by atoms with Gasteiger partial charge >= 0.3 is 0 Å². The summed E-state index contributed by atoms with van der Waals surface area (Å²) in [6, 6.07) is 16.4. The van der Waals surface area contributed by atoms with Crippen LogP contribution >= 0.6 is 11.3 Å². The van der Waals surface area contributed by atoms with Crippen LogP contribution in [0.3, 0.4) is 0 Å². The van der Waals surface area contributed by atoms with Crippen molar-refractivity contribution < 1.29 is 4.74 Å². The normalized spacial score (nSPS) is 11.0. The third kappa shape index (κ3) is 2.83. The fourth-order valence-electron chi connectivity index (χ4n) is 2.02. The van der Waals surface area contributed by atoms with E-state index in [-0.39, 0.29) is 0 Å². The van der Waals surface area contributed by atoms with Crippen molar-refractivity contribution in [3.63, 3.8) is 0 Å². The second kappa shape index (κ2) is 5.51. The maximum absolute atomic E-state index is 5.72. The minimum Gasteiger partial charge on any atom is -0.370 e. The first-order valence-corrected chi connectivity index (χ1v) is 7.11. The number of aromatic nitrogens is 1. The minimum absolute atomic E-state index is 0.577. The van der Waals surface area contributed by atoms with E-state index in [1.165, 1.54) is 15.8 Å². The Bertz CT molecular complexity index is 676. The molecule has 0 amide bonds. The number of fused-ring (bicyclic) bond motifs is 1. The van der Waals surface area contributed by atoms with Crippen LogP contribution in [0.4, 0.5) is 0 Å². The molecule has 0 saturated carbocycles. The average molecular weight is 269 g/mol. The molecule has 0 spiro atoms. The Morgan fingerprint density at radius 2 is 1.84 bits per heavy atom. The summed E-state index contributed by atoms with van der Waals surface area (Å²) in [4.78, 5) is 4.60. The van der Waals surface area contributed by atoms with E-state index in [0.29, 0.717) is 13.2 Å². The fraction of sp³-hybridized carbons (Fsp3) is 0.188. The van der Waals surface area contributed by atoms with Gasteiger partial charge in [-0.1, -0.05) is 42.5 Å². The summed E-state index contributed by atoms with van der Waals surface area (Å²) in [5.74, 6) is 0. The van der Waals surface area contributed by atoms with Gasteiger partial charge in [0.2, 0.25) is 0 Å². The van der Waals surface area contributed by atoms with E-state index < -0.39 is 0 Å². The molecule has 0 aliphatic heterocycles. The quantitative estimate of drug-likeness (QED) is 0.703. The molecule has 19 heavy (non-hydrogen) atoms. The van der Waals surface area contributed by atoms with Gasteiger partial charge in [0, 0.05) is 0 Å². The minimum atomic E-state index is 0.577. The molecule has 96 valence electrons. The lowest BCUT2D eigenvalue weighted by atomic mass is 10.2. The van der Waals surface area contributed by atoms with Crippen LogP contribution in [0.15, 0.2) is 48.5 Å². The molecule has 0 aliphatic rings. The van der Waals surface area contributed by atoms with Crippen molar-refractivity contribution in [2.45, 2.75) is 20.1 Å². The Balaban J connectivity index is 1.67. The lowest BCUT2D eigenvalue weighted by Crippen LogP contribution is -1.93. The average Bonchev–Trinajstić information content (AvgIpc) is 2.84. The number of benzene rings is 2. The topological polar surface area (TPSA) is 22.1 Å². The van der Waals surface area contributed by atoms with Gasteiger partial charge in [-0.2, -0.15) is 0 Å². The highest BCUT2D eigenvalue weighted by Gasteiger charge is 2.05. The fourth-order valence-corrected chi connectivity index (χ4v) is 2.99. The molecule has 0 radical (unpaired) electrons. The SMILES string of the molecule is Cc1cccc2nc(COCc3ccccc3)sc12. The maximum Gasteiger partial charge on any atom is 0.120 e. The summed E-state index contributed by atoms with van der Waals surface area (Å²) < 4.78 is 6.99. The molecule has 2 aromatic carbocycles. The molecule has 0 N–H and O–H groups in total. The highest BCUT2D eigenvalue weighted by atomic mass is 32.1. The Kier molecular flexibility index (Phi) is 3.58. The molecule has 0 unspecified atom stereocenters. The van der Waals surface area contributed by atoms with Gasteiger partial charge < -0.3 is 4.74 Å². The van der Waals surface area contributed by atoms with Crippen LogP contribution < -0.4 is 0 Å². The Hall–Kier alpha value is -1.71. The monoisotopic (exact) mass is 269 g/mol. The number of aryl methyl sites for hydroxylation is 1. The van der Waals surface area contributed by atoms with Crippen molar-refractivity contribution in [2.24, 2.45) is 0 Å². The number of hydrogen-bond donors (Lipinski definition) is 0. The Morgan fingerprint density at radius 1 is 1.00 bits per heavy atom. The Morgan fingerprint density at radius 3 is 2.63 bits per heavy atom. The first kappa shape index (κ1) is 12.3. The van der Waals surface area contributed by atoms with Crippen molar-refractivity contribution in [1.82, 2.24) is 4.98 Å². The molecule has 0 aliphatic carbocycles. The standard InChI is InChI=1S/C16H15NOS/c1-12-6-5-9-14-16(12)19-15(17-14)11-18-10-13-7-3-2-4-8-13/h2-9H,10-11H2,1H3. The third-order valence-corrected chi connectivity index (χ3v) is 4.17. The summed E-state index contributed by atoms with van der Waals surface area (Å²) in [7, 11) is 0. The molecular formula is C16H15NOS. The predicted octanol–water partition coefficient (Wildman–Crippen LogP) is 4.32. The van der Waals surface area contributed by atoms with E-state index in [2.05, 4.69) is 36.2 Å². The molecule has 0 fully saturated rings. The predicted molar refractivity (Wildman–Crippen MR) is 79.3 cm³/mol. The van der Waals surface area contributed by atoms with E-state index in [9.17, 15) is 0 Å². The van der Waals surface area contributed by atoms with Crippen molar-refractivity contribution >= 4 is 21.6 Å². The number of thiazole rings is 1. The van der Waals surface area contributed by atoms with E-state index in [0.717, 1.165) is 10.5 Å². The van der Waals surface area contributed by atoms with Crippen molar-refractivity contribution in [1.29, 1.82) is 0 Å². The van der Waals surface area contributed by atoms with Gasteiger partial charge in [0.1, 0.15) is 5.01 Å². The molecule has 0 atom stereocenters.